The van der Waals surface area contributed by atoms with Gasteiger partial charge in [0.1, 0.15) is 24.3 Å². The van der Waals surface area contributed by atoms with Crippen LogP contribution in [0.3, 0.4) is 0 Å². The van der Waals surface area contributed by atoms with Gasteiger partial charge in [0.25, 0.3) is 5.91 Å². The van der Waals surface area contributed by atoms with Crippen LogP contribution in [0, 0.1) is 0 Å². The number of halogens is 4. The topological polar surface area (TPSA) is 124 Å². The van der Waals surface area contributed by atoms with Gasteiger partial charge in [-0.05, 0) is 44.4 Å². The maximum Gasteiger partial charge on any atom is 0.421 e. The summed E-state index contributed by atoms with van der Waals surface area (Å²) in [4.78, 5) is 25.0. The van der Waals surface area contributed by atoms with Gasteiger partial charge in [-0.2, -0.15) is 18.2 Å². The van der Waals surface area contributed by atoms with Crippen LogP contribution >= 0.6 is 7.14 Å². The number of rotatable bonds is 10. The Morgan fingerprint density at radius 2 is 1.73 bits per heavy atom. The van der Waals surface area contributed by atoms with Crippen LogP contribution in [0.25, 0.3) is 0 Å². The largest absolute Gasteiger partial charge is 0.494 e. The van der Waals surface area contributed by atoms with E-state index in [0.717, 1.165) is 39.0 Å². The van der Waals surface area contributed by atoms with Crippen LogP contribution in [0.15, 0.2) is 55.0 Å². The molecule has 0 radical (unpaired) electrons. The Hall–Kier alpha value is -4.20. The molecule has 0 atom stereocenters. The van der Waals surface area contributed by atoms with Gasteiger partial charge in [0.05, 0.1) is 29.9 Å². The standard InChI is InChI=1S/C32H39F4N8O3P/c1-20(33)30(45)40-24-17-25(27(47-2)18-26(24)44-13-9-21(10-14-44)43-15-11-37-12-16-43)41-31-38-19-22(32(34,35)36)29(42-31)39-23-7-5-6-8-28(23)48(3,4)46/h5-8,17-19,21,37H,1,9-16H2,2-4H3,(H,40,45)(H2,38,39,41,42). The van der Waals surface area contributed by atoms with Gasteiger partial charge in [-0.1, -0.05) is 18.7 Å². The summed E-state index contributed by atoms with van der Waals surface area (Å²) < 4.78 is 74.5. The molecule has 2 saturated heterocycles. The molecule has 3 aromatic rings. The molecule has 2 aliphatic heterocycles. The molecule has 11 nitrogen and oxygen atoms in total. The van der Waals surface area contributed by atoms with Crippen LogP contribution < -0.4 is 36.2 Å². The molecule has 0 bridgehead atoms. The maximum absolute atomic E-state index is 14.1. The van der Waals surface area contributed by atoms with Gasteiger partial charge in [0, 0.05) is 62.9 Å². The molecule has 5 rings (SSSR count). The van der Waals surface area contributed by atoms with Gasteiger partial charge in [0.15, 0.2) is 5.83 Å². The van der Waals surface area contributed by atoms with Crippen molar-refractivity contribution in [2.75, 3.05) is 80.6 Å². The van der Waals surface area contributed by atoms with Crippen molar-refractivity contribution in [3.63, 3.8) is 0 Å². The van der Waals surface area contributed by atoms with Crippen LogP contribution in [0.2, 0.25) is 0 Å². The third-order valence-electron chi connectivity index (χ3n) is 8.36. The minimum Gasteiger partial charge on any atom is -0.494 e. The summed E-state index contributed by atoms with van der Waals surface area (Å²) in [6.07, 6.45) is -2.40. The van der Waals surface area contributed by atoms with Gasteiger partial charge in [0.2, 0.25) is 5.95 Å². The lowest BCUT2D eigenvalue weighted by atomic mass is 10.0. The molecule has 1 aromatic heterocycles. The summed E-state index contributed by atoms with van der Waals surface area (Å²) in [6.45, 7) is 11.3. The number of aromatic nitrogens is 2. The van der Waals surface area contributed by atoms with E-state index in [2.05, 4.69) is 47.6 Å². The number of para-hydroxylation sites is 1. The lowest BCUT2D eigenvalue weighted by molar-refractivity contribution is -0.137. The van der Waals surface area contributed by atoms with E-state index in [9.17, 15) is 26.9 Å². The normalized spacial score (nSPS) is 16.4. The van der Waals surface area contributed by atoms with E-state index in [0.29, 0.717) is 36.3 Å². The molecular weight excluding hydrogens is 651 g/mol. The number of ether oxygens (including phenoxy) is 1. The first kappa shape index (κ1) is 35.1. The number of carbonyl (C=O) groups excluding carboxylic acids is 1. The zero-order chi connectivity index (χ0) is 34.6. The molecule has 258 valence electrons. The van der Waals surface area contributed by atoms with Crippen molar-refractivity contribution in [2.45, 2.75) is 25.1 Å². The first-order valence-corrected chi connectivity index (χ1v) is 18.0. The Morgan fingerprint density at radius 3 is 2.35 bits per heavy atom. The highest BCUT2D eigenvalue weighted by Gasteiger charge is 2.36. The Labute approximate surface area is 276 Å². The van der Waals surface area contributed by atoms with E-state index in [-0.39, 0.29) is 28.8 Å². The van der Waals surface area contributed by atoms with Crippen molar-refractivity contribution < 1.29 is 31.7 Å². The number of nitrogens with one attached hydrogen (secondary N) is 4. The molecule has 0 spiro atoms. The molecule has 2 aliphatic rings. The summed E-state index contributed by atoms with van der Waals surface area (Å²) in [5, 5.41) is 11.9. The SMILES string of the molecule is C=C(F)C(=O)Nc1cc(Nc2ncc(C(F)(F)F)c(Nc3ccccc3P(C)(C)=O)n2)c(OC)cc1N1CCC(N2CCNCC2)CC1. The van der Waals surface area contributed by atoms with Crippen molar-refractivity contribution in [1.82, 2.24) is 20.2 Å². The van der Waals surface area contributed by atoms with E-state index in [4.69, 9.17) is 4.74 Å². The van der Waals surface area contributed by atoms with Crippen LogP contribution in [0.5, 0.6) is 5.75 Å². The van der Waals surface area contributed by atoms with Crippen LogP contribution in [0.4, 0.5) is 52.1 Å². The number of carbonyl (C=O) groups is 1. The first-order chi connectivity index (χ1) is 22.7. The van der Waals surface area contributed by atoms with Gasteiger partial charge in [-0.3, -0.25) is 9.69 Å². The minimum absolute atomic E-state index is 0.203. The number of benzene rings is 2. The number of hydrogen-bond donors (Lipinski definition) is 4. The monoisotopic (exact) mass is 690 g/mol. The van der Waals surface area contributed by atoms with Gasteiger partial charge in [-0.15, -0.1) is 0 Å². The molecule has 0 saturated carbocycles. The fourth-order valence-electron chi connectivity index (χ4n) is 5.95. The maximum atomic E-state index is 14.1. The molecule has 3 heterocycles. The lowest BCUT2D eigenvalue weighted by Gasteiger charge is -2.41. The number of piperazine rings is 1. The zero-order valence-electron chi connectivity index (χ0n) is 27.0. The molecule has 2 aromatic carbocycles. The van der Waals surface area contributed by atoms with E-state index >= 15 is 0 Å². The minimum atomic E-state index is -4.80. The molecule has 2 fully saturated rings. The lowest BCUT2D eigenvalue weighted by Crippen LogP contribution is -2.52. The second-order valence-electron chi connectivity index (χ2n) is 12.0. The van der Waals surface area contributed by atoms with Crippen LogP contribution in [0.1, 0.15) is 18.4 Å². The molecule has 48 heavy (non-hydrogen) atoms. The van der Waals surface area contributed by atoms with E-state index in [1.807, 2.05) is 0 Å². The van der Waals surface area contributed by atoms with Crippen molar-refractivity contribution in [2.24, 2.45) is 0 Å². The summed E-state index contributed by atoms with van der Waals surface area (Å²) in [5.74, 6) is -2.73. The number of anilines is 6. The Balaban J connectivity index is 1.48. The number of hydrogen-bond acceptors (Lipinski definition) is 10. The third-order valence-corrected chi connectivity index (χ3v) is 9.91. The number of nitrogens with zero attached hydrogens (tertiary/aromatic N) is 4. The molecule has 4 N–H and O–H groups in total. The number of amides is 1. The van der Waals surface area contributed by atoms with Crippen LogP contribution in [-0.4, -0.2) is 86.5 Å². The molecule has 0 aliphatic carbocycles. The van der Waals surface area contributed by atoms with Crippen molar-refractivity contribution in [3.8, 4) is 5.75 Å². The summed E-state index contributed by atoms with van der Waals surface area (Å²) in [7, 11) is -1.45. The average molecular weight is 691 g/mol. The highest BCUT2D eigenvalue weighted by Crippen LogP contribution is 2.42. The fraction of sp³-hybridized carbons (Fsp3) is 0.406. The number of alkyl halides is 3. The van der Waals surface area contributed by atoms with E-state index < -0.39 is 36.4 Å². The molecule has 16 heteroatoms. The smallest absolute Gasteiger partial charge is 0.421 e. The van der Waals surface area contributed by atoms with Gasteiger partial charge >= 0.3 is 6.18 Å². The number of methoxy groups -OCH3 is 1. The Kier molecular flexibility index (Phi) is 10.6. The fourth-order valence-corrected chi connectivity index (χ4v) is 7.10. The summed E-state index contributed by atoms with van der Waals surface area (Å²) in [5.41, 5.74) is 0.102. The highest BCUT2D eigenvalue weighted by atomic mass is 31.2. The molecular formula is C32H39F4N8O3P. The Bertz CT molecular complexity index is 1700. The first-order valence-electron chi connectivity index (χ1n) is 15.4. The summed E-state index contributed by atoms with van der Waals surface area (Å²) >= 11 is 0. The third kappa shape index (κ3) is 8.26. The van der Waals surface area contributed by atoms with Crippen LogP contribution in [-0.2, 0) is 15.5 Å². The second kappa shape index (κ2) is 14.5. The predicted molar refractivity (Wildman–Crippen MR) is 181 cm³/mol. The van der Waals surface area contributed by atoms with Gasteiger partial charge in [-0.25, -0.2) is 9.37 Å². The van der Waals surface area contributed by atoms with Crippen molar-refractivity contribution in [3.05, 3.63) is 60.6 Å². The average Bonchev–Trinajstić information content (AvgIpc) is 3.04. The molecule has 0 unspecified atom stereocenters. The van der Waals surface area contributed by atoms with E-state index in [1.54, 1.807) is 24.3 Å². The molecule has 1 amide bonds. The van der Waals surface area contributed by atoms with Crippen molar-refractivity contribution >= 4 is 52.9 Å². The Morgan fingerprint density at radius 1 is 1.04 bits per heavy atom. The quantitative estimate of drug-likeness (QED) is 0.123. The van der Waals surface area contributed by atoms with Crippen molar-refractivity contribution in [1.29, 1.82) is 0 Å². The summed E-state index contributed by atoms with van der Waals surface area (Å²) in [6, 6.07) is 9.94. The zero-order valence-corrected chi connectivity index (χ0v) is 27.8. The second-order valence-corrected chi connectivity index (χ2v) is 15.2. The van der Waals surface area contributed by atoms with Gasteiger partial charge < -0.3 is 35.5 Å². The number of piperidine rings is 1. The van der Waals surface area contributed by atoms with E-state index in [1.165, 1.54) is 32.6 Å². The predicted octanol–water partition coefficient (Wildman–Crippen LogP) is 5.53. The highest BCUT2D eigenvalue weighted by molar-refractivity contribution is 7.70.